The summed E-state index contributed by atoms with van der Waals surface area (Å²) in [6.07, 6.45) is 1.80. The first kappa shape index (κ1) is 15.0. The van der Waals surface area contributed by atoms with Gasteiger partial charge in [0.1, 0.15) is 5.02 Å². The van der Waals surface area contributed by atoms with Gasteiger partial charge in [0.2, 0.25) is 0 Å². The normalized spacial score (nSPS) is 10.4. The Bertz CT molecular complexity index is 711. The molecule has 7 nitrogen and oxygen atoms in total. The van der Waals surface area contributed by atoms with E-state index in [1.54, 1.807) is 17.9 Å². The number of carbonyl (C=O) groups excluding carboxylic acids is 1. The van der Waals surface area contributed by atoms with Crippen LogP contribution in [-0.4, -0.2) is 20.6 Å². The van der Waals surface area contributed by atoms with E-state index in [2.05, 4.69) is 10.4 Å². The van der Waals surface area contributed by atoms with Crippen molar-refractivity contribution in [3.8, 4) is 0 Å². The molecule has 0 saturated heterocycles. The number of nitrogens with one attached hydrogen (secondary N) is 1. The zero-order valence-electron chi connectivity index (χ0n) is 11.5. The van der Waals surface area contributed by atoms with Gasteiger partial charge >= 0.3 is 0 Å². The van der Waals surface area contributed by atoms with E-state index >= 15 is 0 Å². The SMILES string of the molecule is Cc1nn(C)cc1CNC(=O)c1cccc([N+](=O)[O-])c1Cl. The van der Waals surface area contributed by atoms with Gasteiger partial charge in [-0.3, -0.25) is 19.6 Å². The van der Waals surface area contributed by atoms with Crippen molar-refractivity contribution >= 4 is 23.2 Å². The molecular weight excluding hydrogens is 296 g/mol. The largest absolute Gasteiger partial charge is 0.348 e. The maximum absolute atomic E-state index is 12.1. The second-order valence-electron chi connectivity index (χ2n) is 4.49. The molecule has 0 saturated carbocycles. The number of carbonyl (C=O) groups is 1. The van der Waals surface area contributed by atoms with Crippen molar-refractivity contribution in [3.63, 3.8) is 0 Å². The summed E-state index contributed by atoms with van der Waals surface area (Å²) in [5.41, 5.74) is 1.46. The van der Waals surface area contributed by atoms with Gasteiger partial charge in [0.25, 0.3) is 11.6 Å². The van der Waals surface area contributed by atoms with Gasteiger partial charge in [-0.15, -0.1) is 0 Å². The van der Waals surface area contributed by atoms with Crippen LogP contribution in [0.2, 0.25) is 5.02 Å². The van der Waals surface area contributed by atoms with Crippen LogP contribution in [-0.2, 0) is 13.6 Å². The number of amides is 1. The highest BCUT2D eigenvalue weighted by Gasteiger charge is 2.19. The predicted molar refractivity (Wildman–Crippen MR) is 77.2 cm³/mol. The summed E-state index contributed by atoms with van der Waals surface area (Å²) in [5, 5.41) is 17.5. The van der Waals surface area contributed by atoms with Crippen molar-refractivity contribution in [2.75, 3.05) is 0 Å². The van der Waals surface area contributed by atoms with Gasteiger partial charge in [0, 0.05) is 31.4 Å². The second-order valence-corrected chi connectivity index (χ2v) is 4.87. The van der Waals surface area contributed by atoms with Crippen molar-refractivity contribution in [2.45, 2.75) is 13.5 Å². The fraction of sp³-hybridized carbons (Fsp3) is 0.231. The molecule has 0 radical (unpaired) electrons. The van der Waals surface area contributed by atoms with Crippen LogP contribution in [0.25, 0.3) is 0 Å². The first-order valence-electron chi connectivity index (χ1n) is 6.10. The van der Waals surface area contributed by atoms with E-state index in [1.165, 1.54) is 18.2 Å². The predicted octanol–water partition coefficient (Wildman–Crippen LogP) is 2.22. The van der Waals surface area contributed by atoms with Gasteiger partial charge in [-0.25, -0.2) is 0 Å². The van der Waals surface area contributed by atoms with Crippen LogP contribution in [0.5, 0.6) is 0 Å². The second kappa shape index (κ2) is 5.92. The lowest BCUT2D eigenvalue weighted by Gasteiger charge is -2.06. The maximum atomic E-state index is 12.1. The molecule has 1 aromatic heterocycles. The Balaban J connectivity index is 2.16. The summed E-state index contributed by atoms with van der Waals surface area (Å²) in [6, 6.07) is 4.12. The quantitative estimate of drug-likeness (QED) is 0.692. The molecule has 2 aromatic rings. The number of aryl methyl sites for hydroxylation is 2. The third-order valence-corrected chi connectivity index (χ3v) is 3.37. The number of rotatable bonds is 4. The van der Waals surface area contributed by atoms with Crippen LogP contribution in [0.4, 0.5) is 5.69 Å². The molecule has 0 spiro atoms. The number of aromatic nitrogens is 2. The van der Waals surface area contributed by atoms with Gasteiger partial charge < -0.3 is 5.32 Å². The molecule has 8 heteroatoms. The Hall–Kier alpha value is -2.41. The minimum atomic E-state index is -0.621. The topological polar surface area (TPSA) is 90.1 Å². The molecular formula is C13H13ClN4O3. The number of nitro groups is 1. The lowest BCUT2D eigenvalue weighted by Crippen LogP contribution is -2.23. The van der Waals surface area contributed by atoms with E-state index in [0.717, 1.165) is 11.3 Å². The maximum Gasteiger partial charge on any atom is 0.288 e. The summed E-state index contributed by atoms with van der Waals surface area (Å²) < 4.78 is 1.65. The summed E-state index contributed by atoms with van der Waals surface area (Å²) in [5.74, 6) is -0.466. The smallest absolute Gasteiger partial charge is 0.288 e. The molecule has 110 valence electrons. The number of nitro benzene ring substituents is 1. The number of hydrogen-bond acceptors (Lipinski definition) is 4. The van der Waals surface area contributed by atoms with Crippen molar-refractivity contribution in [3.05, 3.63) is 56.4 Å². The Morgan fingerprint density at radius 3 is 2.81 bits per heavy atom. The van der Waals surface area contributed by atoms with Gasteiger partial charge in [0.05, 0.1) is 16.2 Å². The Morgan fingerprint density at radius 1 is 1.52 bits per heavy atom. The van der Waals surface area contributed by atoms with Gasteiger partial charge in [0.15, 0.2) is 0 Å². The number of halogens is 1. The molecule has 0 aliphatic carbocycles. The van der Waals surface area contributed by atoms with E-state index < -0.39 is 10.8 Å². The van der Waals surface area contributed by atoms with Crippen molar-refractivity contribution in [1.82, 2.24) is 15.1 Å². The van der Waals surface area contributed by atoms with E-state index in [9.17, 15) is 14.9 Å². The first-order valence-corrected chi connectivity index (χ1v) is 6.48. The molecule has 0 atom stereocenters. The number of hydrogen-bond donors (Lipinski definition) is 1. The molecule has 1 N–H and O–H groups in total. The van der Waals surface area contributed by atoms with E-state index in [4.69, 9.17) is 11.6 Å². The minimum Gasteiger partial charge on any atom is -0.348 e. The van der Waals surface area contributed by atoms with Crippen LogP contribution >= 0.6 is 11.6 Å². The van der Waals surface area contributed by atoms with Gasteiger partial charge in [-0.2, -0.15) is 5.10 Å². The third kappa shape index (κ3) is 3.19. The molecule has 0 aliphatic rings. The molecule has 2 rings (SSSR count). The van der Waals surface area contributed by atoms with Crippen molar-refractivity contribution in [2.24, 2.45) is 7.05 Å². The minimum absolute atomic E-state index is 0.0763. The standard InChI is InChI=1S/C13H13ClN4O3/c1-8-9(7-17(2)16-8)6-15-13(19)10-4-3-5-11(12(10)14)18(20)21/h3-5,7H,6H2,1-2H3,(H,15,19). The highest BCUT2D eigenvalue weighted by atomic mass is 35.5. The molecule has 21 heavy (non-hydrogen) atoms. The monoisotopic (exact) mass is 308 g/mol. The Morgan fingerprint density at radius 2 is 2.24 bits per heavy atom. The highest BCUT2D eigenvalue weighted by Crippen LogP contribution is 2.27. The molecule has 0 fully saturated rings. The van der Waals surface area contributed by atoms with Crippen molar-refractivity contribution < 1.29 is 9.72 Å². The van der Waals surface area contributed by atoms with Crippen LogP contribution in [0.15, 0.2) is 24.4 Å². The average Bonchev–Trinajstić information content (AvgIpc) is 2.74. The van der Waals surface area contributed by atoms with Gasteiger partial charge in [-0.05, 0) is 13.0 Å². The fourth-order valence-electron chi connectivity index (χ4n) is 1.93. The van der Waals surface area contributed by atoms with Crippen LogP contribution in [0, 0.1) is 17.0 Å². The lowest BCUT2D eigenvalue weighted by molar-refractivity contribution is -0.384. The van der Waals surface area contributed by atoms with E-state index in [0.29, 0.717) is 0 Å². The summed E-state index contributed by atoms with van der Waals surface area (Å²) in [7, 11) is 1.79. The molecule has 1 aromatic carbocycles. The highest BCUT2D eigenvalue weighted by molar-refractivity contribution is 6.35. The van der Waals surface area contributed by atoms with Crippen LogP contribution < -0.4 is 5.32 Å². The summed E-state index contributed by atoms with van der Waals surface area (Å²) in [6.45, 7) is 2.11. The van der Waals surface area contributed by atoms with E-state index in [1.807, 2.05) is 6.92 Å². The fourth-order valence-corrected chi connectivity index (χ4v) is 2.21. The molecule has 0 unspecified atom stereocenters. The zero-order valence-corrected chi connectivity index (χ0v) is 12.2. The molecule has 0 aliphatic heterocycles. The third-order valence-electron chi connectivity index (χ3n) is 2.97. The van der Waals surface area contributed by atoms with Gasteiger partial charge in [-0.1, -0.05) is 17.7 Å². The number of nitrogens with zero attached hydrogens (tertiary/aromatic N) is 3. The first-order chi connectivity index (χ1) is 9.90. The van der Waals surface area contributed by atoms with Crippen LogP contribution in [0.3, 0.4) is 0 Å². The van der Waals surface area contributed by atoms with Crippen molar-refractivity contribution in [1.29, 1.82) is 0 Å². The zero-order chi connectivity index (χ0) is 15.6. The molecule has 0 bridgehead atoms. The molecule has 1 heterocycles. The van der Waals surface area contributed by atoms with E-state index in [-0.39, 0.29) is 22.8 Å². The lowest BCUT2D eigenvalue weighted by atomic mass is 10.1. The number of benzene rings is 1. The summed E-state index contributed by atoms with van der Waals surface area (Å²) in [4.78, 5) is 22.3. The molecule has 1 amide bonds. The van der Waals surface area contributed by atoms with Crippen LogP contribution in [0.1, 0.15) is 21.6 Å². The average molecular weight is 309 g/mol. The Kier molecular flexibility index (Phi) is 4.23. The Labute approximate surface area is 125 Å². The summed E-state index contributed by atoms with van der Waals surface area (Å²) >= 11 is 5.90.